The normalized spacial score (nSPS) is 33.8. The summed E-state index contributed by atoms with van der Waals surface area (Å²) in [4.78, 5) is 0. The fourth-order valence-electron chi connectivity index (χ4n) is 3.42. The van der Waals surface area contributed by atoms with Gasteiger partial charge in [0.2, 0.25) is 0 Å². The molecule has 2 aliphatic rings. The topological polar surface area (TPSA) is 21.3 Å². The Balaban J connectivity index is 2.03. The molecule has 0 spiro atoms. The van der Waals surface area contributed by atoms with Crippen LogP contribution >= 0.6 is 0 Å². The SMILES string of the molecule is CC(C)CC1(C2CCCCC2)COCN1. The van der Waals surface area contributed by atoms with Crippen molar-refractivity contribution in [2.24, 2.45) is 11.8 Å². The molecule has 1 aliphatic heterocycles. The molecule has 1 atom stereocenters. The zero-order valence-corrected chi connectivity index (χ0v) is 10.2. The second-order valence-corrected chi connectivity index (χ2v) is 5.76. The summed E-state index contributed by atoms with van der Waals surface area (Å²) in [7, 11) is 0. The van der Waals surface area contributed by atoms with E-state index in [2.05, 4.69) is 19.2 Å². The smallest absolute Gasteiger partial charge is 0.0971 e. The maximum absolute atomic E-state index is 5.60. The quantitative estimate of drug-likeness (QED) is 0.775. The molecule has 0 bridgehead atoms. The van der Waals surface area contributed by atoms with E-state index in [9.17, 15) is 0 Å². The van der Waals surface area contributed by atoms with Crippen molar-refractivity contribution in [3.05, 3.63) is 0 Å². The summed E-state index contributed by atoms with van der Waals surface area (Å²) in [5.74, 6) is 1.62. The largest absolute Gasteiger partial charge is 0.364 e. The van der Waals surface area contributed by atoms with Gasteiger partial charge in [-0.3, -0.25) is 5.32 Å². The zero-order chi connectivity index (χ0) is 10.7. The monoisotopic (exact) mass is 211 g/mol. The second kappa shape index (κ2) is 4.84. The molecule has 0 aromatic rings. The number of hydrogen-bond donors (Lipinski definition) is 1. The van der Waals surface area contributed by atoms with Crippen LogP contribution in [0.4, 0.5) is 0 Å². The average molecular weight is 211 g/mol. The summed E-state index contributed by atoms with van der Waals surface area (Å²) in [6, 6.07) is 0. The highest BCUT2D eigenvalue weighted by Crippen LogP contribution is 2.38. The number of nitrogens with one attached hydrogen (secondary N) is 1. The molecular weight excluding hydrogens is 186 g/mol. The first-order valence-electron chi connectivity index (χ1n) is 6.56. The first kappa shape index (κ1) is 11.4. The fraction of sp³-hybridized carbons (Fsp3) is 1.00. The minimum absolute atomic E-state index is 0.314. The van der Waals surface area contributed by atoms with E-state index in [1.54, 1.807) is 0 Å². The van der Waals surface area contributed by atoms with E-state index >= 15 is 0 Å². The lowest BCUT2D eigenvalue weighted by Crippen LogP contribution is -2.50. The molecule has 0 aromatic heterocycles. The van der Waals surface area contributed by atoms with Crippen LogP contribution in [-0.4, -0.2) is 18.9 Å². The molecule has 2 heteroatoms. The van der Waals surface area contributed by atoms with Crippen molar-refractivity contribution in [1.29, 1.82) is 0 Å². The molecule has 1 saturated carbocycles. The van der Waals surface area contributed by atoms with Crippen molar-refractivity contribution in [2.75, 3.05) is 13.3 Å². The molecule has 0 amide bonds. The molecule has 1 aliphatic carbocycles. The van der Waals surface area contributed by atoms with Crippen LogP contribution in [0.25, 0.3) is 0 Å². The molecule has 2 rings (SSSR count). The van der Waals surface area contributed by atoms with Crippen LogP contribution in [-0.2, 0) is 4.74 Å². The third-order valence-corrected chi connectivity index (χ3v) is 4.05. The van der Waals surface area contributed by atoms with E-state index < -0.39 is 0 Å². The van der Waals surface area contributed by atoms with E-state index in [1.807, 2.05) is 0 Å². The van der Waals surface area contributed by atoms with Gasteiger partial charge in [-0.25, -0.2) is 0 Å². The van der Waals surface area contributed by atoms with Gasteiger partial charge in [0, 0.05) is 5.54 Å². The van der Waals surface area contributed by atoms with E-state index in [-0.39, 0.29) is 0 Å². The lowest BCUT2D eigenvalue weighted by Gasteiger charge is -2.40. The Morgan fingerprint density at radius 3 is 2.53 bits per heavy atom. The van der Waals surface area contributed by atoms with Gasteiger partial charge in [-0.05, 0) is 31.1 Å². The molecule has 1 heterocycles. The van der Waals surface area contributed by atoms with Gasteiger partial charge in [0.05, 0.1) is 13.3 Å². The summed E-state index contributed by atoms with van der Waals surface area (Å²) in [5, 5.41) is 3.65. The van der Waals surface area contributed by atoms with Gasteiger partial charge >= 0.3 is 0 Å². The molecular formula is C13H25NO. The van der Waals surface area contributed by atoms with Crippen LogP contribution in [0.2, 0.25) is 0 Å². The summed E-state index contributed by atoms with van der Waals surface area (Å²) < 4.78 is 5.60. The molecule has 2 nitrogen and oxygen atoms in total. The summed E-state index contributed by atoms with van der Waals surface area (Å²) >= 11 is 0. The predicted octanol–water partition coefficient (Wildman–Crippen LogP) is 2.93. The molecule has 1 unspecified atom stereocenters. The van der Waals surface area contributed by atoms with Gasteiger partial charge in [0.1, 0.15) is 0 Å². The van der Waals surface area contributed by atoms with Gasteiger partial charge in [0.15, 0.2) is 0 Å². The van der Waals surface area contributed by atoms with E-state index in [1.165, 1.54) is 38.5 Å². The van der Waals surface area contributed by atoms with Crippen LogP contribution < -0.4 is 5.32 Å². The van der Waals surface area contributed by atoms with Crippen molar-refractivity contribution >= 4 is 0 Å². The lowest BCUT2D eigenvalue weighted by molar-refractivity contribution is 0.119. The highest BCUT2D eigenvalue weighted by Gasteiger charge is 2.42. The van der Waals surface area contributed by atoms with E-state index in [0.717, 1.165) is 25.2 Å². The molecule has 1 saturated heterocycles. The van der Waals surface area contributed by atoms with Gasteiger partial charge in [0.25, 0.3) is 0 Å². The van der Waals surface area contributed by atoms with Gasteiger partial charge in [-0.15, -0.1) is 0 Å². The Morgan fingerprint density at radius 1 is 1.27 bits per heavy atom. The first-order valence-corrected chi connectivity index (χ1v) is 6.56. The third-order valence-electron chi connectivity index (χ3n) is 4.05. The number of ether oxygens (including phenoxy) is 1. The molecule has 0 radical (unpaired) electrons. The highest BCUT2D eigenvalue weighted by molar-refractivity contribution is 4.98. The Morgan fingerprint density at radius 2 is 2.00 bits per heavy atom. The molecule has 0 aromatic carbocycles. The van der Waals surface area contributed by atoms with Crippen molar-refractivity contribution in [2.45, 2.75) is 57.9 Å². The fourth-order valence-corrected chi connectivity index (χ4v) is 3.42. The number of hydrogen-bond acceptors (Lipinski definition) is 2. The summed E-state index contributed by atoms with van der Waals surface area (Å²) in [5.41, 5.74) is 0.314. The van der Waals surface area contributed by atoms with Crippen LogP contribution in [0.15, 0.2) is 0 Å². The Kier molecular flexibility index (Phi) is 3.68. The molecule has 1 N–H and O–H groups in total. The van der Waals surface area contributed by atoms with Gasteiger partial charge in [-0.1, -0.05) is 33.1 Å². The standard InChI is InChI=1S/C13H25NO/c1-11(2)8-13(9-15-10-14-13)12-6-4-3-5-7-12/h11-12,14H,3-10H2,1-2H3. The molecule has 88 valence electrons. The van der Waals surface area contributed by atoms with E-state index in [0.29, 0.717) is 5.54 Å². The van der Waals surface area contributed by atoms with Gasteiger partial charge in [-0.2, -0.15) is 0 Å². The minimum atomic E-state index is 0.314. The van der Waals surface area contributed by atoms with Crippen LogP contribution in [0, 0.1) is 11.8 Å². The summed E-state index contributed by atoms with van der Waals surface area (Å²) in [6.07, 6.45) is 8.37. The molecule has 2 fully saturated rings. The highest BCUT2D eigenvalue weighted by atomic mass is 16.5. The molecule has 15 heavy (non-hydrogen) atoms. The summed E-state index contributed by atoms with van der Waals surface area (Å²) in [6.45, 7) is 6.36. The van der Waals surface area contributed by atoms with Crippen LogP contribution in [0.1, 0.15) is 52.4 Å². The van der Waals surface area contributed by atoms with Crippen LogP contribution in [0.3, 0.4) is 0 Å². The maximum Gasteiger partial charge on any atom is 0.0971 e. The van der Waals surface area contributed by atoms with Crippen molar-refractivity contribution in [3.8, 4) is 0 Å². The Hall–Kier alpha value is -0.0800. The van der Waals surface area contributed by atoms with E-state index in [4.69, 9.17) is 4.74 Å². The predicted molar refractivity (Wildman–Crippen MR) is 62.7 cm³/mol. The average Bonchev–Trinajstić information content (AvgIpc) is 2.68. The zero-order valence-electron chi connectivity index (χ0n) is 10.2. The van der Waals surface area contributed by atoms with Crippen LogP contribution in [0.5, 0.6) is 0 Å². The first-order chi connectivity index (χ1) is 7.23. The van der Waals surface area contributed by atoms with Gasteiger partial charge < -0.3 is 4.74 Å². The number of rotatable bonds is 3. The lowest BCUT2D eigenvalue weighted by atomic mass is 9.71. The van der Waals surface area contributed by atoms with Crippen molar-refractivity contribution in [3.63, 3.8) is 0 Å². The van der Waals surface area contributed by atoms with Crippen molar-refractivity contribution < 1.29 is 4.74 Å². The Bertz CT molecular complexity index is 191. The maximum atomic E-state index is 5.60. The Labute approximate surface area is 93.8 Å². The third kappa shape index (κ3) is 2.54. The second-order valence-electron chi connectivity index (χ2n) is 5.76. The minimum Gasteiger partial charge on any atom is -0.364 e. The van der Waals surface area contributed by atoms with Crippen molar-refractivity contribution in [1.82, 2.24) is 5.32 Å².